The molecule has 0 aromatic heterocycles. The highest BCUT2D eigenvalue weighted by Crippen LogP contribution is 2.08. The van der Waals surface area contributed by atoms with Crippen molar-refractivity contribution in [3.05, 3.63) is 0 Å². The van der Waals surface area contributed by atoms with Gasteiger partial charge in [0.05, 0.1) is 0 Å². The molecule has 0 saturated heterocycles. The number of nitrogens with zero attached hydrogens (tertiary/aromatic N) is 1. The van der Waals surface area contributed by atoms with Crippen molar-refractivity contribution in [1.29, 1.82) is 0 Å². The van der Waals surface area contributed by atoms with Crippen LogP contribution in [-0.4, -0.2) is 43.8 Å². The predicted octanol–water partition coefficient (Wildman–Crippen LogP) is 1.28. The Labute approximate surface area is 75.1 Å². The molecule has 0 aliphatic rings. The number of hydrogen-bond acceptors (Lipinski definition) is 2. The van der Waals surface area contributed by atoms with Crippen molar-refractivity contribution >= 4 is 0 Å². The first kappa shape index (κ1) is 11.8. The Morgan fingerprint density at radius 3 is 2.42 bits per heavy atom. The van der Waals surface area contributed by atoms with Crippen LogP contribution >= 0.6 is 0 Å². The van der Waals surface area contributed by atoms with Crippen LogP contribution < -0.4 is 5.32 Å². The molecule has 0 amide bonds. The Hall–Kier alpha value is -0.150. The van der Waals surface area contributed by atoms with Gasteiger partial charge in [-0.25, -0.2) is 4.39 Å². The summed E-state index contributed by atoms with van der Waals surface area (Å²) >= 11 is 0. The molecule has 1 N–H and O–H groups in total. The highest BCUT2D eigenvalue weighted by atomic mass is 19.1. The zero-order valence-electron chi connectivity index (χ0n) is 8.65. The summed E-state index contributed by atoms with van der Waals surface area (Å²) in [6, 6.07) is 0. The Morgan fingerprint density at radius 2 is 2.00 bits per heavy atom. The highest BCUT2D eigenvalue weighted by molar-refractivity contribution is 4.70. The SMILES string of the molecule is CCNCCN(C)CC(C)(C)F. The summed E-state index contributed by atoms with van der Waals surface area (Å²) < 4.78 is 13.1. The van der Waals surface area contributed by atoms with Gasteiger partial charge >= 0.3 is 0 Å². The highest BCUT2D eigenvalue weighted by Gasteiger charge is 2.17. The lowest BCUT2D eigenvalue weighted by molar-refractivity contribution is 0.144. The van der Waals surface area contributed by atoms with Crippen molar-refractivity contribution in [3.8, 4) is 0 Å². The first-order valence-corrected chi connectivity index (χ1v) is 4.54. The van der Waals surface area contributed by atoms with Gasteiger partial charge in [-0.1, -0.05) is 6.92 Å². The number of rotatable bonds is 6. The summed E-state index contributed by atoms with van der Waals surface area (Å²) in [5.41, 5.74) is -1.08. The van der Waals surface area contributed by atoms with Crippen molar-refractivity contribution in [2.45, 2.75) is 26.4 Å². The van der Waals surface area contributed by atoms with Crippen LogP contribution in [-0.2, 0) is 0 Å². The average Bonchev–Trinajstić information content (AvgIpc) is 1.84. The molecule has 0 radical (unpaired) electrons. The molecule has 12 heavy (non-hydrogen) atoms. The van der Waals surface area contributed by atoms with Crippen LogP contribution in [0.4, 0.5) is 4.39 Å². The van der Waals surface area contributed by atoms with Crippen LogP contribution in [0.5, 0.6) is 0 Å². The fourth-order valence-corrected chi connectivity index (χ4v) is 1.17. The molecular weight excluding hydrogens is 155 g/mol. The van der Waals surface area contributed by atoms with Gasteiger partial charge in [0.15, 0.2) is 0 Å². The standard InChI is InChI=1S/C9H21FN2/c1-5-11-6-7-12(4)8-9(2,3)10/h11H,5-8H2,1-4H3. The molecule has 0 fully saturated rings. The Bertz CT molecular complexity index is 110. The van der Waals surface area contributed by atoms with E-state index in [-0.39, 0.29) is 0 Å². The topological polar surface area (TPSA) is 15.3 Å². The van der Waals surface area contributed by atoms with E-state index in [9.17, 15) is 4.39 Å². The predicted molar refractivity (Wildman–Crippen MR) is 51.2 cm³/mol. The summed E-state index contributed by atoms with van der Waals surface area (Å²) in [5, 5.41) is 3.20. The molecule has 0 spiro atoms. The van der Waals surface area contributed by atoms with Crippen molar-refractivity contribution in [3.63, 3.8) is 0 Å². The maximum absolute atomic E-state index is 13.1. The second kappa shape index (κ2) is 5.49. The molecule has 0 heterocycles. The van der Waals surface area contributed by atoms with Gasteiger partial charge in [-0.15, -0.1) is 0 Å². The van der Waals surface area contributed by atoms with Crippen LogP contribution in [0.25, 0.3) is 0 Å². The van der Waals surface area contributed by atoms with E-state index < -0.39 is 5.67 Å². The van der Waals surface area contributed by atoms with E-state index >= 15 is 0 Å². The normalized spacial score (nSPS) is 12.5. The first-order chi connectivity index (χ1) is 5.45. The fourth-order valence-electron chi connectivity index (χ4n) is 1.17. The van der Waals surface area contributed by atoms with Crippen molar-refractivity contribution in [2.75, 3.05) is 33.2 Å². The smallest absolute Gasteiger partial charge is 0.118 e. The molecule has 74 valence electrons. The van der Waals surface area contributed by atoms with E-state index in [1.54, 1.807) is 13.8 Å². The minimum absolute atomic E-state index is 0.498. The molecule has 0 aromatic carbocycles. The van der Waals surface area contributed by atoms with Crippen LogP contribution in [0.15, 0.2) is 0 Å². The van der Waals surface area contributed by atoms with Crippen molar-refractivity contribution < 1.29 is 4.39 Å². The number of alkyl halides is 1. The Balaban J connectivity index is 3.40. The van der Waals surface area contributed by atoms with Gasteiger partial charge in [0.2, 0.25) is 0 Å². The van der Waals surface area contributed by atoms with Gasteiger partial charge in [-0.2, -0.15) is 0 Å². The molecule has 0 rings (SSSR count). The summed E-state index contributed by atoms with van der Waals surface area (Å²) in [5.74, 6) is 0. The third-order valence-electron chi connectivity index (χ3n) is 1.57. The number of nitrogens with one attached hydrogen (secondary N) is 1. The van der Waals surface area contributed by atoms with E-state index in [1.165, 1.54) is 0 Å². The number of halogens is 1. The van der Waals surface area contributed by atoms with E-state index in [0.29, 0.717) is 6.54 Å². The minimum Gasteiger partial charge on any atom is -0.316 e. The van der Waals surface area contributed by atoms with Crippen molar-refractivity contribution in [1.82, 2.24) is 10.2 Å². The van der Waals surface area contributed by atoms with E-state index in [0.717, 1.165) is 19.6 Å². The molecular formula is C9H21FN2. The first-order valence-electron chi connectivity index (χ1n) is 4.54. The number of likely N-dealkylation sites (N-methyl/N-ethyl adjacent to an activating group) is 2. The molecule has 0 bridgehead atoms. The van der Waals surface area contributed by atoms with E-state index in [2.05, 4.69) is 12.2 Å². The molecule has 0 atom stereocenters. The fraction of sp³-hybridized carbons (Fsp3) is 1.00. The van der Waals surface area contributed by atoms with Crippen LogP contribution in [0, 0.1) is 0 Å². The second-order valence-corrected chi connectivity index (χ2v) is 3.81. The summed E-state index contributed by atoms with van der Waals surface area (Å²) in [6.45, 7) is 8.60. The van der Waals surface area contributed by atoms with Gasteiger partial charge < -0.3 is 10.2 Å². The monoisotopic (exact) mass is 176 g/mol. The molecule has 0 saturated carbocycles. The Morgan fingerprint density at radius 1 is 1.42 bits per heavy atom. The quantitative estimate of drug-likeness (QED) is 0.613. The lowest BCUT2D eigenvalue weighted by Crippen LogP contribution is -2.37. The number of hydrogen-bond donors (Lipinski definition) is 1. The van der Waals surface area contributed by atoms with E-state index in [1.807, 2.05) is 11.9 Å². The van der Waals surface area contributed by atoms with Crippen LogP contribution in [0.3, 0.4) is 0 Å². The maximum atomic E-state index is 13.1. The van der Waals surface area contributed by atoms with Crippen LogP contribution in [0.2, 0.25) is 0 Å². The van der Waals surface area contributed by atoms with Gasteiger partial charge in [0, 0.05) is 19.6 Å². The summed E-state index contributed by atoms with van der Waals surface area (Å²) in [4.78, 5) is 2.00. The third-order valence-corrected chi connectivity index (χ3v) is 1.57. The average molecular weight is 176 g/mol. The zero-order valence-corrected chi connectivity index (χ0v) is 8.65. The molecule has 0 aromatic rings. The van der Waals surface area contributed by atoms with Crippen LogP contribution in [0.1, 0.15) is 20.8 Å². The largest absolute Gasteiger partial charge is 0.316 e. The molecule has 2 nitrogen and oxygen atoms in total. The lowest BCUT2D eigenvalue weighted by atomic mass is 10.1. The second-order valence-electron chi connectivity index (χ2n) is 3.81. The lowest BCUT2D eigenvalue weighted by Gasteiger charge is -2.23. The molecule has 3 heteroatoms. The van der Waals surface area contributed by atoms with Gasteiger partial charge in [-0.05, 0) is 27.4 Å². The van der Waals surface area contributed by atoms with Crippen molar-refractivity contribution in [2.24, 2.45) is 0 Å². The molecule has 0 aliphatic heterocycles. The van der Waals surface area contributed by atoms with E-state index in [4.69, 9.17) is 0 Å². The minimum atomic E-state index is -1.08. The zero-order chi connectivity index (χ0) is 9.61. The molecule has 0 aliphatic carbocycles. The summed E-state index contributed by atoms with van der Waals surface area (Å²) in [6.07, 6.45) is 0. The van der Waals surface area contributed by atoms with Gasteiger partial charge in [0.25, 0.3) is 0 Å². The Kier molecular flexibility index (Phi) is 5.42. The molecule has 0 unspecified atom stereocenters. The maximum Gasteiger partial charge on any atom is 0.118 e. The summed E-state index contributed by atoms with van der Waals surface area (Å²) in [7, 11) is 1.94. The van der Waals surface area contributed by atoms with Gasteiger partial charge in [0.1, 0.15) is 5.67 Å². The van der Waals surface area contributed by atoms with Gasteiger partial charge in [-0.3, -0.25) is 0 Å². The third kappa shape index (κ3) is 7.95.